The molecule has 0 nitrogen and oxygen atoms in total. The van der Waals surface area contributed by atoms with E-state index < -0.39 is 0 Å². The molecule has 0 fully saturated rings. The Bertz CT molecular complexity index is 329. The normalized spacial score (nSPS) is 8.92. The van der Waals surface area contributed by atoms with Crippen molar-refractivity contribution < 1.29 is 0 Å². The standard InChI is InChI=1S/C11H11Br/c1-9-5-6-11(4-3-7-12)10(2)8-9/h5-6,8H,7H2,1-2H3. The maximum absolute atomic E-state index is 3.27. The van der Waals surface area contributed by atoms with Gasteiger partial charge in [0.1, 0.15) is 0 Å². The summed E-state index contributed by atoms with van der Waals surface area (Å²) in [6, 6.07) is 6.31. The molecule has 0 saturated heterocycles. The number of alkyl halides is 1. The van der Waals surface area contributed by atoms with Gasteiger partial charge >= 0.3 is 0 Å². The highest BCUT2D eigenvalue weighted by molar-refractivity contribution is 9.09. The van der Waals surface area contributed by atoms with Crippen LogP contribution in [0.1, 0.15) is 16.7 Å². The van der Waals surface area contributed by atoms with E-state index in [1.807, 2.05) is 0 Å². The Morgan fingerprint density at radius 3 is 2.67 bits per heavy atom. The summed E-state index contributed by atoms with van der Waals surface area (Å²) in [7, 11) is 0. The summed E-state index contributed by atoms with van der Waals surface area (Å²) in [5.74, 6) is 6.08. The van der Waals surface area contributed by atoms with Crippen molar-refractivity contribution in [3.8, 4) is 11.8 Å². The van der Waals surface area contributed by atoms with Gasteiger partial charge in [-0.05, 0) is 25.5 Å². The maximum Gasteiger partial charge on any atom is 0.0649 e. The Balaban J connectivity index is 3.01. The second kappa shape index (κ2) is 4.33. The van der Waals surface area contributed by atoms with Crippen LogP contribution in [0.3, 0.4) is 0 Å². The van der Waals surface area contributed by atoms with E-state index in [9.17, 15) is 0 Å². The quantitative estimate of drug-likeness (QED) is 0.468. The van der Waals surface area contributed by atoms with Crippen molar-refractivity contribution in [3.63, 3.8) is 0 Å². The van der Waals surface area contributed by atoms with Gasteiger partial charge < -0.3 is 0 Å². The molecule has 1 aromatic carbocycles. The fourth-order valence-electron chi connectivity index (χ4n) is 1.08. The van der Waals surface area contributed by atoms with E-state index in [1.54, 1.807) is 0 Å². The zero-order chi connectivity index (χ0) is 8.97. The van der Waals surface area contributed by atoms with Crippen LogP contribution in [0.15, 0.2) is 18.2 Å². The Morgan fingerprint density at radius 1 is 1.33 bits per heavy atom. The molecular formula is C11H11Br. The molecule has 62 valence electrons. The zero-order valence-corrected chi connectivity index (χ0v) is 8.90. The average molecular weight is 223 g/mol. The highest BCUT2D eigenvalue weighted by atomic mass is 79.9. The van der Waals surface area contributed by atoms with E-state index in [-0.39, 0.29) is 0 Å². The first kappa shape index (κ1) is 9.35. The Kier molecular flexibility index (Phi) is 3.37. The summed E-state index contributed by atoms with van der Waals surface area (Å²) in [6.45, 7) is 4.18. The lowest BCUT2D eigenvalue weighted by atomic mass is 10.1. The summed E-state index contributed by atoms with van der Waals surface area (Å²) in [4.78, 5) is 0. The van der Waals surface area contributed by atoms with Crippen molar-refractivity contribution in [2.24, 2.45) is 0 Å². The zero-order valence-electron chi connectivity index (χ0n) is 7.32. The van der Waals surface area contributed by atoms with Crippen LogP contribution in [0, 0.1) is 25.7 Å². The van der Waals surface area contributed by atoms with Gasteiger partial charge in [0.05, 0.1) is 5.33 Å². The molecule has 1 rings (SSSR count). The van der Waals surface area contributed by atoms with Gasteiger partial charge in [0.15, 0.2) is 0 Å². The molecule has 0 N–H and O–H groups in total. The molecule has 1 aromatic rings. The summed E-state index contributed by atoms with van der Waals surface area (Å²) >= 11 is 3.27. The van der Waals surface area contributed by atoms with Crippen LogP contribution in [0.4, 0.5) is 0 Å². The number of aryl methyl sites for hydroxylation is 2. The number of rotatable bonds is 0. The average Bonchev–Trinajstić information content (AvgIpc) is 2.03. The van der Waals surface area contributed by atoms with Crippen LogP contribution >= 0.6 is 15.9 Å². The summed E-state index contributed by atoms with van der Waals surface area (Å²) in [6.07, 6.45) is 0. The van der Waals surface area contributed by atoms with Gasteiger partial charge in [-0.3, -0.25) is 0 Å². The molecule has 0 heterocycles. The maximum atomic E-state index is 3.27. The van der Waals surface area contributed by atoms with E-state index in [0.29, 0.717) is 0 Å². The second-order valence-electron chi connectivity index (χ2n) is 2.75. The Labute approximate surface area is 82.1 Å². The minimum Gasteiger partial charge on any atom is -0.0863 e. The third kappa shape index (κ3) is 2.39. The van der Waals surface area contributed by atoms with Gasteiger partial charge in [-0.25, -0.2) is 0 Å². The lowest BCUT2D eigenvalue weighted by Crippen LogP contribution is -1.83. The van der Waals surface area contributed by atoms with Gasteiger partial charge in [-0.1, -0.05) is 45.5 Å². The largest absolute Gasteiger partial charge is 0.0863 e. The number of hydrogen-bond donors (Lipinski definition) is 0. The molecule has 0 amide bonds. The molecule has 0 saturated carbocycles. The van der Waals surface area contributed by atoms with E-state index in [2.05, 4.69) is 59.8 Å². The summed E-state index contributed by atoms with van der Waals surface area (Å²) in [5, 5.41) is 0.736. The monoisotopic (exact) mass is 222 g/mol. The first-order valence-electron chi connectivity index (χ1n) is 3.86. The van der Waals surface area contributed by atoms with Gasteiger partial charge in [0.2, 0.25) is 0 Å². The molecule has 0 spiro atoms. The smallest absolute Gasteiger partial charge is 0.0649 e. The first-order valence-corrected chi connectivity index (χ1v) is 4.98. The van der Waals surface area contributed by atoms with Crippen molar-refractivity contribution in [2.45, 2.75) is 13.8 Å². The van der Waals surface area contributed by atoms with Crippen LogP contribution < -0.4 is 0 Å². The van der Waals surface area contributed by atoms with Gasteiger partial charge in [0.25, 0.3) is 0 Å². The fourth-order valence-corrected chi connectivity index (χ4v) is 1.22. The lowest BCUT2D eigenvalue weighted by molar-refractivity contribution is 1.36. The molecule has 1 heteroatoms. The van der Waals surface area contributed by atoms with Gasteiger partial charge in [0, 0.05) is 5.56 Å². The highest BCUT2D eigenvalue weighted by Gasteiger charge is 1.92. The SMILES string of the molecule is Cc1ccc(C#CCBr)c(C)c1. The van der Waals surface area contributed by atoms with Gasteiger partial charge in [-0.15, -0.1) is 0 Å². The van der Waals surface area contributed by atoms with Crippen LogP contribution in [0.25, 0.3) is 0 Å². The number of benzene rings is 1. The molecular weight excluding hydrogens is 212 g/mol. The number of hydrogen-bond acceptors (Lipinski definition) is 0. The molecule has 0 bridgehead atoms. The topological polar surface area (TPSA) is 0 Å². The minimum atomic E-state index is 0.736. The Morgan fingerprint density at radius 2 is 2.08 bits per heavy atom. The van der Waals surface area contributed by atoms with E-state index in [4.69, 9.17) is 0 Å². The molecule has 0 aromatic heterocycles. The molecule has 0 aliphatic carbocycles. The van der Waals surface area contributed by atoms with E-state index in [0.717, 1.165) is 10.9 Å². The fraction of sp³-hybridized carbons (Fsp3) is 0.273. The molecule has 12 heavy (non-hydrogen) atoms. The highest BCUT2D eigenvalue weighted by Crippen LogP contribution is 2.08. The van der Waals surface area contributed by atoms with Crippen LogP contribution in [0.2, 0.25) is 0 Å². The van der Waals surface area contributed by atoms with Crippen LogP contribution in [-0.4, -0.2) is 5.33 Å². The third-order valence-corrected chi connectivity index (χ3v) is 1.95. The van der Waals surface area contributed by atoms with Crippen molar-refractivity contribution in [3.05, 3.63) is 34.9 Å². The van der Waals surface area contributed by atoms with Crippen molar-refractivity contribution >= 4 is 15.9 Å². The molecule has 0 radical (unpaired) electrons. The summed E-state index contributed by atoms with van der Waals surface area (Å²) < 4.78 is 0. The van der Waals surface area contributed by atoms with Crippen molar-refractivity contribution in [1.29, 1.82) is 0 Å². The molecule has 0 aliphatic rings. The molecule has 0 aliphatic heterocycles. The second-order valence-corrected chi connectivity index (χ2v) is 3.31. The van der Waals surface area contributed by atoms with Crippen molar-refractivity contribution in [2.75, 3.05) is 5.33 Å². The third-order valence-electron chi connectivity index (χ3n) is 1.67. The summed E-state index contributed by atoms with van der Waals surface area (Å²) in [5.41, 5.74) is 3.67. The molecule has 0 unspecified atom stereocenters. The molecule has 0 atom stereocenters. The van der Waals surface area contributed by atoms with E-state index >= 15 is 0 Å². The first-order chi connectivity index (χ1) is 5.74. The minimum absolute atomic E-state index is 0.736. The predicted molar refractivity (Wildman–Crippen MR) is 56.6 cm³/mol. The van der Waals surface area contributed by atoms with Crippen LogP contribution in [-0.2, 0) is 0 Å². The predicted octanol–water partition coefficient (Wildman–Crippen LogP) is 3.05. The lowest BCUT2D eigenvalue weighted by Gasteiger charge is -1.98. The Hall–Kier alpha value is -0.740. The van der Waals surface area contributed by atoms with Crippen molar-refractivity contribution in [1.82, 2.24) is 0 Å². The van der Waals surface area contributed by atoms with Crippen LogP contribution in [0.5, 0.6) is 0 Å². The van der Waals surface area contributed by atoms with Gasteiger partial charge in [-0.2, -0.15) is 0 Å². The van der Waals surface area contributed by atoms with E-state index in [1.165, 1.54) is 11.1 Å². The number of halogens is 1.